The van der Waals surface area contributed by atoms with Gasteiger partial charge < -0.3 is 27.9 Å². The summed E-state index contributed by atoms with van der Waals surface area (Å²) in [6.07, 6.45) is 78.9. The molecule has 2 unspecified atom stereocenters. The molecular formula is C64H104NO8P. The van der Waals surface area contributed by atoms with Gasteiger partial charge in [-0.1, -0.05) is 211 Å². The summed E-state index contributed by atoms with van der Waals surface area (Å²) in [6.45, 7) is 3.94. The zero-order valence-electron chi connectivity index (χ0n) is 47.2. The van der Waals surface area contributed by atoms with E-state index in [0.29, 0.717) is 23.9 Å². The standard InChI is InChI=1S/C64H104NO8P/c1-6-8-10-12-14-16-18-20-22-24-25-26-27-28-29-30-31-32-33-34-35-36-37-38-39-41-43-45-47-49-51-53-55-57-64(67)73-62(61-72-74(68,69)71-59-58-65(3,4)5)60-70-63(66)56-54-52-50-48-46-44-42-40-23-21-19-17-15-13-11-9-7-2/h8-11,14-17,20-23,25-26,28-29,31-32,34-35,37-38,42,44,62H,6-7,12-13,18-19,24,27,30,33,36,39-41,43,45-61H2,1-5H3/b10-8-,11-9-,16-14-,17-15-,22-20-,23-21-,26-25-,29-28-,32-31-,35-34-,38-37-,44-42-. The topological polar surface area (TPSA) is 111 Å². The number of hydrogen-bond donors (Lipinski definition) is 0. The van der Waals surface area contributed by atoms with Gasteiger partial charge in [-0.3, -0.25) is 14.2 Å². The van der Waals surface area contributed by atoms with Gasteiger partial charge in [-0.15, -0.1) is 0 Å². The Hall–Kier alpha value is -4.11. The number of unbranched alkanes of at least 4 members (excludes halogenated alkanes) is 12. The van der Waals surface area contributed by atoms with Crippen LogP contribution >= 0.6 is 7.82 Å². The molecule has 0 spiro atoms. The number of phosphoric acid groups is 1. The van der Waals surface area contributed by atoms with E-state index in [9.17, 15) is 19.0 Å². The first kappa shape index (κ1) is 69.9. The van der Waals surface area contributed by atoms with Gasteiger partial charge in [-0.25, -0.2) is 0 Å². The fraction of sp³-hybridized carbons (Fsp3) is 0.594. The highest BCUT2D eigenvalue weighted by molar-refractivity contribution is 7.45. The molecule has 0 aliphatic heterocycles. The number of esters is 2. The van der Waals surface area contributed by atoms with E-state index in [1.165, 1.54) is 25.7 Å². The highest BCUT2D eigenvalue weighted by atomic mass is 31.2. The molecule has 0 aliphatic carbocycles. The largest absolute Gasteiger partial charge is 0.756 e. The molecule has 0 N–H and O–H groups in total. The summed E-state index contributed by atoms with van der Waals surface area (Å²) in [5, 5.41) is 0. The molecular weight excluding hydrogens is 942 g/mol. The SMILES string of the molecule is CC/C=C\C/C=C\C/C=C\C/C=C\C/C=C\C/C=C\C/C=C\C/C=C\CCCCCCCCCCC(=O)OC(COC(=O)CCCCCC/C=C\C/C=C\C/C=C\C/C=C\CC)COP(=O)([O-])OCC[N+](C)(C)C. The molecule has 0 amide bonds. The number of ether oxygens (including phenoxy) is 2. The van der Waals surface area contributed by atoms with E-state index >= 15 is 0 Å². The molecule has 0 bridgehead atoms. The molecule has 0 saturated carbocycles. The summed E-state index contributed by atoms with van der Waals surface area (Å²) in [6, 6.07) is 0. The molecule has 0 aromatic rings. The molecule has 10 heteroatoms. The van der Waals surface area contributed by atoms with Crippen LogP contribution in [0.2, 0.25) is 0 Å². The van der Waals surface area contributed by atoms with Gasteiger partial charge in [0.15, 0.2) is 6.10 Å². The summed E-state index contributed by atoms with van der Waals surface area (Å²) < 4.78 is 34.1. The first-order chi connectivity index (χ1) is 36.0. The van der Waals surface area contributed by atoms with Crippen LogP contribution < -0.4 is 4.89 Å². The Kier molecular flexibility index (Phi) is 50.7. The van der Waals surface area contributed by atoms with E-state index in [4.69, 9.17) is 18.5 Å². The second-order valence-electron chi connectivity index (χ2n) is 19.5. The summed E-state index contributed by atoms with van der Waals surface area (Å²) in [5.74, 6) is -0.884. The molecule has 9 nitrogen and oxygen atoms in total. The van der Waals surface area contributed by atoms with Crippen LogP contribution in [0.15, 0.2) is 146 Å². The number of carbonyl (C=O) groups is 2. The Morgan fingerprint density at radius 3 is 1.08 bits per heavy atom. The summed E-state index contributed by atoms with van der Waals surface area (Å²) >= 11 is 0. The number of likely N-dealkylation sites (N-methyl/N-ethyl adjacent to an activating group) is 1. The number of carbonyl (C=O) groups excluding carboxylic acids is 2. The minimum atomic E-state index is -4.65. The van der Waals surface area contributed by atoms with Gasteiger partial charge in [-0.05, 0) is 116 Å². The smallest absolute Gasteiger partial charge is 0.306 e. The van der Waals surface area contributed by atoms with E-state index in [-0.39, 0.29) is 26.1 Å². The molecule has 2 atom stereocenters. The highest BCUT2D eigenvalue weighted by Gasteiger charge is 2.21. The van der Waals surface area contributed by atoms with E-state index < -0.39 is 32.5 Å². The zero-order chi connectivity index (χ0) is 54.2. The molecule has 0 aromatic carbocycles. The molecule has 0 aliphatic rings. The predicted molar refractivity (Wildman–Crippen MR) is 314 cm³/mol. The van der Waals surface area contributed by atoms with E-state index in [1.807, 2.05) is 21.1 Å². The van der Waals surface area contributed by atoms with Crippen LogP contribution in [0.3, 0.4) is 0 Å². The average Bonchev–Trinajstić information content (AvgIpc) is 3.36. The lowest BCUT2D eigenvalue weighted by Gasteiger charge is -2.28. The Balaban J connectivity index is 4.24. The Bertz CT molecular complexity index is 1760. The van der Waals surface area contributed by atoms with Crippen molar-refractivity contribution in [3.8, 4) is 0 Å². The van der Waals surface area contributed by atoms with Crippen LogP contribution in [0.4, 0.5) is 0 Å². The summed E-state index contributed by atoms with van der Waals surface area (Å²) in [5.41, 5.74) is 0. The van der Waals surface area contributed by atoms with Crippen LogP contribution in [0.5, 0.6) is 0 Å². The second-order valence-corrected chi connectivity index (χ2v) is 20.9. The second kappa shape index (κ2) is 53.7. The van der Waals surface area contributed by atoms with Crippen molar-refractivity contribution in [1.82, 2.24) is 0 Å². The summed E-state index contributed by atoms with van der Waals surface area (Å²) in [4.78, 5) is 37.8. The van der Waals surface area contributed by atoms with Crippen LogP contribution in [0, 0.1) is 0 Å². The Morgan fingerprint density at radius 1 is 0.419 bits per heavy atom. The van der Waals surface area contributed by atoms with Crippen molar-refractivity contribution in [3.63, 3.8) is 0 Å². The van der Waals surface area contributed by atoms with Gasteiger partial charge in [0.25, 0.3) is 7.82 Å². The van der Waals surface area contributed by atoms with Crippen LogP contribution in [0.25, 0.3) is 0 Å². The monoisotopic (exact) mass is 1050 g/mol. The number of nitrogens with zero attached hydrogens (tertiary/aromatic N) is 1. The lowest BCUT2D eigenvalue weighted by atomic mass is 10.1. The van der Waals surface area contributed by atoms with Crippen molar-refractivity contribution in [2.24, 2.45) is 0 Å². The first-order valence-corrected chi connectivity index (χ1v) is 30.0. The molecule has 74 heavy (non-hydrogen) atoms. The molecule has 0 fully saturated rings. The molecule has 0 aromatic heterocycles. The van der Waals surface area contributed by atoms with Gasteiger partial charge in [0.1, 0.15) is 19.8 Å². The lowest BCUT2D eigenvalue weighted by molar-refractivity contribution is -0.870. The van der Waals surface area contributed by atoms with Crippen LogP contribution in [0.1, 0.15) is 194 Å². The van der Waals surface area contributed by atoms with Crippen molar-refractivity contribution >= 4 is 19.8 Å². The molecule has 418 valence electrons. The quantitative estimate of drug-likeness (QED) is 0.0195. The number of rotatable bonds is 50. The normalized spacial score (nSPS) is 14.4. The fourth-order valence-electron chi connectivity index (χ4n) is 7.01. The minimum Gasteiger partial charge on any atom is -0.756 e. The summed E-state index contributed by atoms with van der Waals surface area (Å²) in [7, 11) is 1.12. The number of phosphoric ester groups is 1. The Labute approximate surface area is 453 Å². The maximum absolute atomic E-state index is 12.8. The van der Waals surface area contributed by atoms with Gasteiger partial charge in [0.2, 0.25) is 0 Å². The van der Waals surface area contributed by atoms with Crippen molar-refractivity contribution in [3.05, 3.63) is 146 Å². The number of quaternary nitrogens is 1. The average molecular weight is 1050 g/mol. The van der Waals surface area contributed by atoms with Crippen molar-refractivity contribution < 1.29 is 42.1 Å². The zero-order valence-corrected chi connectivity index (χ0v) is 48.1. The van der Waals surface area contributed by atoms with Gasteiger partial charge in [-0.2, -0.15) is 0 Å². The Morgan fingerprint density at radius 2 is 0.730 bits per heavy atom. The lowest BCUT2D eigenvalue weighted by Crippen LogP contribution is -2.37. The first-order valence-electron chi connectivity index (χ1n) is 28.5. The van der Waals surface area contributed by atoms with Crippen LogP contribution in [-0.4, -0.2) is 70.0 Å². The minimum absolute atomic E-state index is 0.0454. The predicted octanol–water partition coefficient (Wildman–Crippen LogP) is 17.3. The number of allylic oxidation sites excluding steroid dienone is 24. The third kappa shape index (κ3) is 57.2. The van der Waals surface area contributed by atoms with E-state index in [0.717, 1.165) is 128 Å². The third-order valence-electron chi connectivity index (χ3n) is 11.4. The van der Waals surface area contributed by atoms with Gasteiger partial charge in [0.05, 0.1) is 27.7 Å². The maximum atomic E-state index is 12.8. The number of hydrogen-bond acceptors (Lipinski definition) is 8. The molecule has 0 heterocycles. The van der Waals surface area contributed by atoms with E-state index in [1.54, 1.807) is 0 Å². The molecule has 0 radical (unpaired) electrons. The van der Waals surface area contributed by atoms with Crippen molar-refractivity contribution in [2.45, 2.75) is 200 Å². The maximum Gasteiger partial charge on any atom is 0.306 e. The molecule has 0 rings (SSSR count). The van der Waals surface area contributed by atoms with Gasteiger partial charge >= 0.3 is 11.9 Å². The fourth-order valence-corrected chi connectivity index (χ4v) is 7.74. The van der Waals surface area contributed by atoms with E-state index in [2.05, 4.69) is 160 Å². The van der Waals surface area contributed by atoms with Crippen molar-refractivity contribution in [1.29, 1.82) is 0 Å². The van der Waals surface area contributed by atoms with Gasteiger partial charge in [0, 0.05) is 12.8 Å². The highest BCUT2D eigenvalue weighted by Crippen LogP contribution is 2.38. The third-order valence-corrected chi connectivity index (χ3v) is 12.3. The molecule has 0 saturated heterocycles. The van der Waals surface area contributed by atoms with Crippen molar-refractivity contribution in [2.75, 3.05) is 47.5 Å². The van der Waals surface area contributed by atoms with Crippen LogP contribution in [-0.2, 0) is 32.7 Å².